The second-order valence-corrected chi connectivity index (χ2v) is 5.80. The first kappa shape index (κ1) is 19.9. The highest BCUT2D eigenvalue weighted by atomic mass is 16.7. The van der Waals surface area contributed by atoms with Crippen LogP contribution in [0.3, 0.4) is 0 Å². The molecule has 0 aromatic rings. The molecule has 2 atom stereocenters. The smallest absolute Gasteiger partial charge is 0.407 e. The third kappa shape index (κ3) is 11.2. The molecule has 2 N–H and O–H groups in total. The predicted octanol–water partition coefficient (Wildman–Crippen LogP) is 2.07. The Morgan fingerprint density at radius 2 is 2.05 bits per heavy atom. The fourth-order valence-corrected chi connectivity index (χ4v) is 1.68. The highest BCUT2D eigenvalue weighted by molar-refractivity contribution is 5.67. The van der Waals surface area contributed by atoms with E-state index >= 15 is 0 Å². The molecular weight excluding hydrogens is 274 g/mol. The number of hydrogen-bond donors (Lipinski definition) is 2. The van der Waals surface area contributed by atoms with Crippen molar-refractivity contribution in [1.82, 2.24) is 5.32 Å². The predicted molar refractivity (Wildman–Crippen MR) is 81.0 cm³/mol. The van der Waals surface area contributed by atoms with Gasteiger partial charge in [-0.15, -0.1) is 0 Å². The molecule has 0 aromatic carbocycles. The average Bonchev–Trinajstić information content (AvgIpc) is 2.37. The van der Waals surface area contributed by atoms with Crippen LogP contribution in [0.15, 0.2) is 12.2 Å². The first-order valence-electron chi connectivity index (χ1n) is 7.15. The summed E-state index contributed by atoms with van der Waals surface area (Å²) in [7, 11) is 1.56. The maximum Gasteiger partial charge on any atom is 0.407 e. The van der Waals surface area contributed by atoms with Gasteiger partial charge in [0.2, 0.25) is 0 Å². The molecule has 0 bridgehead atoms. The summed E-state index contributed by atoms with van der Waals surface area (Å²) in [5, 5.41) is 11.5. The Labute approximate surface area is 127 Å². The summed E-state index contributed by atoms with van der Waals surface area (Å²) in [6.45, 7) is 8.07. The summed E-state index contributed by atoms with van der Waals surface area (Å²) >= 11 is 0. The number of rotatable bonds is 9. The van der Waals surface area contributed by atoms with E-state index in [9.17, 15) is 4.79 Å². The number of alkyl carbamates (subject to hydrolysis) is 1. The van der Waals surface area contributed by atoms with Gasteiger partial charge in [0, 0.05) is 19.6 Å². The molecule has 0 aliphatic rings. The summed E-state index contributed by atoms with van der Waals surface area (Å²) in [6, 6.07) is 0. The van der Waals surface area contributed by atoms with Crippen molar-refractivity contribution in [2.24, 2.45) is 5.92 Å². The molecule has 0 saturated heterocycles. The number of hydrogen-bond acceptors (Lipinski definition) is 5. The minimum Gasteiger partial charge on any atom is -0.444 e. The van der Waals surface area contributed by atoms with Crippen LogP contribution in [0, 0.1) is 5.92 Å². The Morgan fingerprint density at radius 3 is 2.57 bits per heavy atom. The standard InChI is InChI=1S/C15H29NO5/c1-12(7-6-10-17)13(20-11-19-5)8-9-16-14(18)21-15(2,3)4/h6-7,12-13,17H,8-11H2,1-5H3,(H,16,18)/b7-6+/t12-,13+/m0/s1. The monoisotopic (exact) mass is 303 g/mol. The van der Waals surface area contributed by atoms with Gasteiger partial charge in [0.05, 0.1) is 12.7 Å². The molecule has 1 amide bonds. The molecule has 0 radical (unpaired) electrons. The number of nitrogens with one attached hydrogen (secondary N) is 1. The maximum atomic E-state index is 11.6. The third-order valence-electron chi connectivity index (χ3n) is 2.63. The van der Waals surface area contributed by atoms with Gasteiger partial charge in [-0.25, -0.2) is 4.79 Å². The van der Waals surface area contributed by atoms with E-state index in [1.807, 2.05) is 33.8 Å². The van der Waals surface area contributed by atoms with Gasteiger partial charge in [0.15, 0.2) is 0 Å². The molecule has 0 unspecified atom stereocenters. The van der Waals surface area contributed by atoms with Crippen molar-refractivity contribution < 1.29 is 24.1 Å². The number of carbonyl (C=O) groups is 1. The second-order valence-electron chi connectivity index (χ2n) is 5.80. The molecule has 0 aliphatic heterocycles. The number of aliphatic hydroxyl groups excluding tert-OH is 1. The zero-order valence-corrected chi connectivity index (χ0v) is 13.7. The van der Waals surface area contributed by atoms with Crippen LogP contribution in [0.2, 0.25) is 0 Å². The van der Waals surface area contributed by atoms with E-state index in [2.05, 4.69) is 5.32 Å². The van der Waals surface area contributed by atoms with Gasteiger partial charge in [-0.1, -0.05) is 19.1 Å². The van der Waals surface area contributed by atoms with Crippen LogP contribution in [0.4, 0.5) is 4.79 Å². The zero-order valence-electron chi connectivity index (χ0n) is 13.7. The van der Waals surface area contributed by atoms with Crippen molar-refractivity contribution in [1.29, 1.82) is 0 Å². The lowest BCUT2D eigenvalue weighted by Gasteiger charge is -2.23. The maximum absolute atomic E-state index is 11.6. The third-order valence-corrected chi connectivity index (χ3v) is 2.63. The number of ether oxygens (including phenoxy) is 3. The largest absolute Gasteiger partial charge is 0.444 e. The van der Waals surface area contributed by atoms with E-state index in [-0.39, 0.29) is 25.4 Å². The van der Waals surface area contributed by atoms with Crippen LogP contribution >= 0.6 is 0 Å². The van der Waals surface area contributed by atoms with Gasteiger partial charge in [0.25, 0.3) is 0 Å². The molecule has 0 saturated carbocycles. The zero-order chi connectivity index (χ0) is 16.3. The summed E-state index contributed by atoms with van der Waals surface area (Å²) in [5.41, 5.74) is -0.507. The van der Waals surface area contributed by atoms with E-state index in [1.165, 1.54) is 0 Å². The van der Waals surface area contributed by atoms with Crippen LogP contribution in [0.25, 0.3) is 0 Å². The fraction of sp³-hybridized carbons (Fsp3) is 0.800. The van der Waals surface area contributed by atoms with Crippen LogP contribution in [0.1, 0.15) is 34.1 Å². The summed E-state index contributed by atoms with van der Waals surface area (Å²) in [6.07, 6.45) is 3.64. The summed E-state index contributed by atoms with van der Waals surface area (Å²) < 4.78 is 15.7. The molecule has 124 valence electrons. The van der Waals surface area contributed by atoms with Crippen LogP contribution < -0.4 is 5.32 Å². The Balaban J connectivity index is 4.22. The Bertz CT molecular complexity index is 312. The van der Waals surface area contributed by atoms with E-state index in [4.69, 9.17) is 19.3 Å². The van der Waals surface area contributed by atoms with Crippen molar-refractivity contribution >= 4 is 6.09 Å². The highest BCUT2D eigenvalue weighted by Crippen LogP contribution is 2.13. The van der Waals surface area contributed by atoms with Crippen molar-refractivity contribution in [3.63, 3.8) is 0 Å². The van der Waals surface area contributed by atoms with E-state index in [1.54, 1.807) is 13.2 Å². The number of carbonyl (C=O) groups excluding carboxylic acids is 1. The Hall–Kier alpha value is -1.11. The number of aliphatic hydroxyl groups is 1. The van der Waals surface area contributed by atoms with Gasteiger partial charge < -0.3 is 24.6 Å². The van der Waals surface area contributed by atoms with Crippen molar-refractivity contribution in [2.45, 2.75) is 45.8 Å². The average molecular weight is 303 g/mol. The lowest BCUT2D eigenvalue weighted by atomic mass is 10.0. The Morgan fingerprint density at radius 1 is 1.38 bits per heavy atom. The van der Waals surface area contributed by atoms with Crippen LogP contribution in [0.5, 0.6) is 0 Å². The van der Waals surface area contributed by atoms with E-state index < -0.39 is 11.7 Å². The molecule has 0 aromatic heterocycles. The quantitative estimate of drug-likeness (QED) is 0.504. The molecule has 0 heterocycles. The van der Waals surface area contributed by atoms with Gasteiger partial charge in [-0.05, 0) is 27.2 Å². The van der Waals surface area contributed by atoms with Gasteiger partial charge in [-0.2, -0.15) is 0 Å². The lowest BCUT2D eigenvalue weighted by Crippen LogP contribution is -2.35. The molecule has 0 spiro atoms. The minimum absolute atomic E-state index is 0.00248. The fourth-order valence-electron chi connectivity index (χ4n) is 1.68. The molecule has 0 fully saturated rings. The molecule has 6 nitrogen and oxygen atoms in total. The first-order valence-corrected chi connectivity index (χ1v) is 7.15. The lowest BCUT2D eigenvalue weighted by molar-refractivity contribution is -0.0850. The van der Waals surface area contributed by atoms with Gasteiger partial charge in [-0.3, -0.25) is 0 Å². The normalized spacial score (nSPS) is 15.0. The highest BCUT2D eigenvalue weighted by Gasteiger charge is 2.18. The first-order chi connectivity index (χ1) is 9.80. The summed E-state index contributed by atoms with van der Waals surface area (Å²) in [4.78, 5) is 11.6. The molecule has 6 heteroatoms. The SMILES string of the molecule is COCO[C@H](CCNC(=O)OC(C)(C)C)[C@@H](C)/C=C/CO. The molecule has 0 aliphatic carbocycles. The number of amides is 1. The second kappa shape index (κ2) is 10.6. The Kier molecular flexibility index (Phi) is 10.0. The molecule has 0 rings (SSSR count). The van der Waals surface area contributed by atoms with Crippen molar-refractivity contribution in [3.05, 3.63) is 12.2 Å². The molecule has 21 heavy (non-hydrogen) atoms. The molecular formula is C15H29NO5. The van der Waals surface area contributed by atoms with Gasteiger partial charge in [0.1, 0.15) is 12.4 Å². The summed E-state index contributed by atoms with van der Waals surface area (Å²) in [5.74, 6) is 0.104. The van der Waals surface area contributed by atoms with Crippen molar-refractivity contribution in [2.75, 3.05) is 27.1 Å². The van der Waals surface area contributed by atoms with Crippen molar-refractivity contribution in [3.8, 4) is 0 Å². The van der Waals surface area contributed by atoms with E-state index in [0.29, 0.717) is 13.0 Å². The minimum atomic E-state index is -0.507. The van der Waals surface area contributed by atoms with Gasteiger partial charge >= 0.3 is 6.09 Å². The number of methoxy groups -OCH3 is 1. The van der Waals surface area contributed by atoms with Crippen LogP contribution in [-0.4, -0.2) is 50.0 Å². The van der Waals surface area contributed by atoms with E-state index in [0.717, 1.165) is 0 Å². The van der Waals surface area contributed by atoms with Crippen LogP contribution in [-0.2, 0) is 14.2 Å². The topological polar surface area (TPSA) is 77.0 Å².